The van der Waals surface area contributed by atoms with Crippen molar-refractivity contribution in [1.82, 2.24) is 10.6 Å². The Morgan fingerprint density at radius 2 is 1.19 bits per heavy atom. The number of nitrogens with one attached hydrogen (secondary N) is 2. The van der Waals surface area contributed by atoms with Crippen LogP contribution >= 0.6 is 0 Å². The minimum atomic E-state index is -1.50. The van der Waals surface area contributed by atoms with Gasteiger partial charge in [-0.05, 0) is 13.8 Å². The van der Waals surface area contributed by atoms with Gasteiger partial charge in [-0.15, -0.1) is 0 Å². The van der Waals surface area contributed by atoms with Crippen molar-refractivity contribution < 1.29 is 33.8 Å². The topological polar surface area (TPSA) is 152 Å². The molecule has 9 nitrogen and oxygen atoms in total. The lowest BCUT2D eigenvalue weighted by Gasteiger charge is -2.08. The summed E-state index contributed by atoms with van der Waals surface area (Å²) in [5.74, 6) is -4.48. The van der Waals surface area contributed by atoms with E-state index >= 15 is 0 Å². The van der Waals surface area contributed by atoms with Crippen LogP contribution in [-0.2, 0) is 9.59 Å². The van der Waals surface area contributed by atoms with Crippen LogP contribution < -0.4 is 20.8 Å². The zero-order valence-corrected chi connectivity index (χ0v) is 11.3. The number of hydrogen-bond donors (Lipinski definition) is 2. The number of aliphatic carboxylic acids is 2. The molecule has 0 spiro atoms. The van der Waals surface area contributed by atoms with E-state index in [-0.39, 0.29) is 22.6 Å². The molecule has 0 unspecified atom stereocenters. The fourth-order valence-corrected chi connectivity index (χ4v) is 1.71. The average molecular weight is 296 g/mol. The monoisotopic (exact) mass is 296 g/mol. The van der Waals surface area contributed by atoms with Crippen molar-refractivity contribution in [3.63, 3.8) is 0 Å². The summed E-state index contributed by atoms with van der Waals surface area (Å²) in [6.07, 6.45) is 0. The van der Waals surface area contributed by atoms with Crippen molar-refractivity contribution in [3.8, 4) is 0 Å². The maximum Gasteiger partial charge on any atom is 0.255 e. The Bertz CT molecular complexity index is 552. The number of carboxylic acid groups (broad SMARTS) is 2. The minimum Gasteiger partial charge on any atom is -0.548 e. The van der Waals surface area contributed by atoms with Gasteiger partial charge in [0.2, 0.25) is 0 Å². The highest BCUT2D eigenvalue weighted by atomic mass is 16.4. The lowest BCUT2D eigenvalue weighted by atomic mass is 10.1. The minimum absolute atomic E-state index is 0.0990. The van der Waals surface area contributed by atoms with E-state index in [1.807, 2.05) is 10.6 Å². The van der Waals surface area contributed by atoms with Crippen LogP contribution in [0.2, 0.25) is 0 Å². The molecule has 9 heteroatoms. The Balaban J connectivity index is 3.04. The van der Waals surface area contributed by atoms with Gasteiger partial charge in [0.05, 0.1) is 36.2 Å². The van der Waals surface area contributed by atoms with Crippen molar-refractivity contribution in [2.24, 2.45) is 0 Å². The number of carbonyl (C=O) groups excluding carboxylic acids is 4. The van der Waals surface area contributed by atoms with Crippen molar-refractivity contribution in [2.45, 2.75) is 13.8 Å². The van der Waals surface area contributed by atoms with Gasteiger partial charge in [-0.1, -0.05) is 0 Å². The largest absolute Gasteiger partial charge is 0.548 e. The second kappa shape index (κ2) is 6.55. The van der Waals surface area contributed by atoms with Gasteiger partial charge in [-0.2, -0.15) is 0 Å². The maximum atomic E-state index is 11.9. The Morgan fingerprint density at radius 3 is 1.48 bits per heavy atom. The molecule has 2 amide bonds. The number of carboxylic acids is 2. The molecule has 0 fully saturated rings. The number of amides is 2. The van der Waals surface area contributed by atoms with Crippen LogP contribution in [0.1, 0.15) is 32.2 Å². The predicted molar refractivity (Wildman–Crippen MR) is 62.9 cm³/mol. The van der Waals surface area contributed by atoms with Crippen LogP contribution in [0.4, 0.5) is 0 Å². The Morgan fingerprint density at radius 1 is 0.857 bits per heavy atom. The summed E-state index contributed by atoms with van der Waals surface area (Å²) in [5.41, 5.74) is -0.325. The smallest absolute Gasteiger partial charge is 0.255 e. The second-order valence-electron chi connectivity index (χ2n) is 4.07. The molecule has 2 N–H and O–H groups in total. The van der Waals surface area contributed by atoms with Gasteiger partial charge in [0.1, 0.15) is 11.5 Å². The molecule has 0 bridgehead atoms. The molecule has 0 aliphatic heterocycles. The average Bonchev–Trinajstić information content (AvgIpc) is 2.67. The zero-order chi connectivity index (χ0) is 16.2. The van der Waals surface area contributed by atoms with E-state index in [9.17, 15) is 29.4 Å². The molecule has 1 rings (SSSR count). The molecule has 1 aromatic heterocycles. The van der Waals surface area contributed by atoms with E-state index < -0.39 is 36.8 Å². The summed E-state index contributed by atoms with van der Waals surface area (Å²) < 4.78 is 5.15. The molecule has 0 aliphatic rings. The van der Waals surface area contributed by atoms with Crippen molar-refractivity contribution in [3.05, 3.63) is 22.6 Å². The van der Waals surface area contributed by atoms with Gasteiger partial charge in [0.25, 0.3) is 11.8 Å². The number of furan rings is 1. The number of rotatable bonds is 6. The SMILES string of the molecule is Cc1oc(C)c(C(=O)NCC(=O)[O-])c1C(=O)NCC(=O)[O-]. The van der Waals surface area contributed by atoms with Crippen molar-refractivity contribution >= 4 is 23.8 Å². The fraction of sp³-hybridized carbons (Fsp3) is 0.333. The third kappa shape index (κ3) is 4.06. The molecule has 1 aromatic rings. The van der Waals surface area contributed by atoms with E-state index in [0.717, 1.165) is 0 Å². The highest BCUT2D eigenvalue weighted by molar-refractivity contribution is 6.09. The first-order chi connectivity index (χ1) is 9.73. The summed E-state index contributed by atoms with van der Waals surface area (Å²) >= 11 is 0. The quantitative estimate of drug-likeness (QED) is 0.562. The van der Waals surface area contributed by atoms with Gasteiger partial charge in [0, 0.05) is 0 Å². The van der Waals surface area contributed by atoms with Crippen molar-refractivity contribution in [1.29, 1.82) is 0 Å². The molecule has 0 saturated carbocycles. The lowest BCUT2D eigenvalue weighted by Crippen LogP contribution is -2.40. The van der Waals surface area contributed by atoms with Crippen LogP contribution in [0.5, 0.6) is 0 Å². The molecule has 1 heterocycles. The summed E-state index contributed by atoms with van der Waals surface area (Å²) in [5, 5.41) is 24.7. The highest BCUT2D eigenvalue weighted by Gasteiger charge is 2.26. The molecule has 0 aromatic carbocycles. The molecular weight excluding hydrogens is 284 g/mol. The van der Waals surface area contributed by atoms with Crippen LogP contribution in [0.15, 0.2) is 4.42 Å². The first-order valence-electron chi connectivity index (χ1n) is 5.80. The van der Waals surface area contributed by atoms with Gasteiger partial charge < -0.3 is 34.9 Å². The molecular formula is C12H12N2O7-2. The third-order valence-electron chi connectivity index (χ3n) is 2.50. The summed E-state index contributed by atoms with van der Waals surface area (Å²) in [4.78, 5) is 44.4. The van der Waals surface area contributed by atoms with E-state index in [1.54, 1.807) is 0 Å². The van der Waals surface area contributed by atoms with Crippen LogP contribution in [-0.4, -0.2) is 36.8 Å². The van der Waals surface area contributed by atoms with E-state index in [4.69, 9.17) is 4.42 Å². The first kappa shape index (κ1) is 16.2. The summed E-state index contributed by atoms with van der Waals surface area (Å²) in [7, 11) is 0. The molecule has 21 heavy (non-hydrogen) atoms. The fourth-order valence-electron chi connectivity index (χ4n) is 1.71. The normalized spacial score (nSPS) is 10.0. The third-order valence-corrected chi connectivity index (χ3v) is 2.50. The molecule has 0 saturated heterocycles. The van der Waals surface area contributed by atoms with E-state index in [2.05, 4.69) is 0 Å². The van der Waals surface area contributed by atoms with Crippen LogP contribution in [0.3, 0.4) is 0 Å². The molecule has 114 valence electrons. The zero-order valence-electron chi connectivity index (χ0n) is 11.3. The Kier molecular flexibility index (Phi) is 5.06. The van der Waals surface area contributed by atoms with Crippen LogP contribution in [0, 0.1) is 13.8 Å². The Hall–Kier alpha value is -2.84. The first-order valence-corrected chi connectivity index (χ1v) is 5.80. The lowest BCUT2D eigenvalue weighted by molar-refractivity contribution is -0.305. The van der Waals surface area contributed by atoms with Gasteiger partial charge in [-0.3, -0.25) is 9.59 Å². The van der Waals surface area contributed by atoms with Gasteiger partial charge in [-0.25, -0.2) is 0 Å². The maximum absolute atomic E-state index is 11.9. The Labute approximate surface area is 118 Å². The molecule has 0 atom stereocenters. The summed E-state index contributed by atoms with van der Waals surface area (Å²) in [6.45, 7) is 1.36. The summed E-state index contributed by atoms with van der Waals surface area (Å²) in [6, 6.07) is 0. The van der Waals surface area contributed by atoms with Crippen molar-refractivity contribution in [2.75, 3.05) is 13.1 Å². The number of aryl methyl sites for hydroxylation is 2. The molecule has 0 radical (unpaired) electrons. The van der Waals surface area contributed by atoms with Gasteiger partial charge in [0.15, 0.2) is 0 Å². The van der Waals surface area contributed by atoms with E-state index in [0.29, 0.717) is 0 Å². The van der Waals surface area contributed by atoms with E-state index in [1.165, 1.54) is 13.8 Å². The predicted octanol–water partition coefficient (Wildman–Crippen LogP) is -3.14. The van der Waals surface area contributed by atoms with Crippen LogP contribution in [0.25, 0.3) is 0 Å². The molecule has 0 aliphatic carbocycles. The van der Waals surface area contributed by atoms with Gasteiger partial charge >= 0.3 is 0 Å². The highest BCUT2D eigenvalue weighted by Crippen LogP contribution is 2.21. The standard InChI is InChI=1S/C12H14N2O7/c1-5-9(11(19)13-3-7(15)16)10(6(2)21-5)12(20)14-4-8(17)18/h3-4H2,1-2H3,(H,13,19)(H,14,20)(H,15,16)(H,17,18)/p-2. The number of carbonyl (C=O) groups is 4. The second-order valence-corrected chi connectivity index (χ2v) is 4.07. The number of hydrogen-bond acceptors (Lipinski definition) is 7.